The summed E-state index contributed by atoms with van der Waals surface area (Å²) in [6, 6.07) is 0. The van der Waals surface area contributed by atoms with E-state index in [0.29, 0.717) is 18.0 Å². The Bertz CT molecular complexity index is 292. The summed E-state index contributed by atoms with van der Waals surface area (Å²) in [7, 11) is 0. The SMILES string of the molecule is CC(C)(CCN1CC2CCC(C1)O2)C(N)=NO. The van der Waals surface area contributed by atoms with Crippen molar-refractivity contribution >= 4 is 5.84 Å². The van der Waals surface area contributed by atoms with Gasteiger partial charge in [-0.25, -0.2) is 0 Å². The van der Waals surface area contributed by atoms with Gasteiger partial charge in [-0.15, -0.1) is 0 Å². The number of oxime groups is 1. The van der Waals surface area contributed by atoms with E-state index in [1.807, 2.05) is 13.8 Å². The second kappa shape index (κ2) is 4.82. The number of ether oxygens (including phenoxy) is 1. The number of fused-ring (bicyclic) bond motifs is 2. The Kier molecular flexibility index (Phi) is 3.58. The van der Waals surface area contributed by atoms with Crippen LogP contribution in [0.5, 0.6) is 0 Å². The van der Waals surface area contributed by atoms with Crippen molar-refractivity contribution in [3.63, 3.8) is 0 Å². The molecule has 0 amide bonds. The maximum atomic E-state index is 8.73. The maximum absolute atomic E-state index is 8.73. The van der Waals surface area contributed by atoms with Crippen molar-refractivity contribution in [2.75, 3.05) is 19.6 Å². The largest absolute Gasteiger partial charge is 0.409 e. The average molecular weight is 241 g/mol. The summed E-state index contributed by atoms with van der Waals surface area (Å²) in [6.07, 6.45) is 4.17. The lowest BCUT2D eigenvalue weighted by Crippen LogP contribution is -2.44. The molecule has 0 aliphatic carbocycles. The van der Waals surface area contributed by atoms with Gasteiger partial charge in [0.1, 0.15) is 5.84 Å². The quantitative estimate of drug-likeness (QED) is 0.333. The summed E-state index contributed by atoms with van der Waals surface area (Å²) in [4.78, 5) is 2.44. The number of rotatable bonds is 4. The monoisotopic (exact) mass is 241 g/mol. The van der Waals surface area contributed by atoms with Crippen LogP contribution in [0.25, 0.3) is 0 Å². The molecule has 0 aromatic rings. The van der Waals surface area contributed by atoms with E-state index in [2.05, 4.69) is 10.1 Å². The van der Waals surface area contributed by atoms with E-state index in [-0.39, 0.29) is 5.41 Å². The highest BCUT2D eigenvalue weighted by atomic mass is 16.5. The molecule has 17 heavy (non-hydrogen) atoms. The number of morpholine rings is 1. The molecule has 3 N–H and O–H groups in total. The minimum atomic E-state index is -0.244. The molecule has 0 aromatic heterocycles. The summed E-state index contributed by atoms with van der Waals surface area (Å²) in [5.41, 5.74) is 5.45. The highest BCUT2D eigenvalue weighted by Gasteiger charge is 2.34. The third-order valence-corrected chi connectivity index (χ3v) is 3.97. The molecule has 2 saturated heterocycles. The first kappa shape index (κ1) is 12.6. The van der Waals surface area contributed by atoms with Crippen molar-refractivity contribution in [3.8, 4) is 0 Å². The van der Waals surface area contributed by atoms with Gasteiger partial charge in [-0.05, 0) is 25.8 Å². The number of hydrogen-bond donors (Lipinski definition) is 2. The fourth-order valence-corrected chi connectivity index (χ4v) is 2.58. The topological polar surface area (TPSA) is 71.1 Å². The smallest absolute Gasteiger partial charge is 0.144 e. The Hall–Kier alpha value is -0.810. The van der Waals surface area contributed by atoms with E-state index in [4.69, 9.17) is 15.7 Å². The van der Waals surface area contributed by atoms with E-state index in [0.717, 1.165) is 26.1 Å². The zero-order chi connectivity index (χ0) is 12.5. The van der Waals surface area contributed by atoms with Crippen LogP contribution in [-0.2, 0) is 4.74 Å². The molecule has 0 saturated carbocycles. The van der Waals surface area contributed by atoms with Gasteiger partial charge in [0.2, 0.25) is 0 Å². The van der Waals surface area contributed by atoms with Crippen molar-refractivity contribution in [1.29, 1.82) is 0 Å². The summed E-state index contributed by atoms with van der Waals surface area (Å²) in [6.45, 7) is 7.07. The van der Waals surface area contributed by atoms with Crippen LogP contribution in [0.15, 0.2) is 5.16 Å². The van der Waals surface area contributed by atoms with Gasteiger partial charge in [-0.2, -0.15) is 0 Å². The second-order valence-electron chi connectivity index (χ2n) is 5.84. The van der Waals surface area contributed by atoms with Crippen LogP contribution in [0.3, 0.4) is 0 Å². The van der Waals surface area contributed by atoms with Crippen molar-refractivity contribution in [3.05, 3.63) is 0 Å². The van der Waals surface area contributed by atoms with Crippen molar-refractivity contribution < 1.29 is 9.94 Å². The Morgan fingerprint density at radius 1 is 1.41 bits per heavy atom. The Morgan fingerprint density at radius 2 is 2.00 bits per heavy atom. The third kappa shape index (κ3) is 2.90. The molecule has 5 nitrogen and oxygen atoms in total. The van der Waals surface area contributed by atoms with E-state index >= 15 is 0 Å². The molecule has 2 bridgehead atoms. The van der Waals surface area contributed by atoms with Crippen molar-refractivity contribution in [1.82, 2.24) is 4.90 Å². The van der Waals surface area contributed by atoms with Crippen LogP contribution in [0, 0.1) is 5.41 Å². The Morgan fingerprint density at radius 3 is 2.53 bits per heavy atom. The maximum Gasteiger partial charge on any atom is 0.144 e. The Labute approximate surface area is 103 Å². The lowest BCUT2D eigenvalue weighted by molar-refractivity contribution is -0.0398. The molecule has 0 radical (unpaired) electrons. The highest BCUT2D eigenvalue weighted by Crippen LogP contribution is 2.28. The average Bonchev–Trinajstić information content (AvgIpc) is 2.65. The first-order valence-corrected chi connectivity index (χ1v) is 6.37. The second-order valence-corrected chi connectivity index (χ2v) is 5.84. The molecular formula is C12H23N3O2. The zero-order valence-corrected chi connectivity index (χ0v) is 10.7. The van der Waals surface area contributed by atoms with E-state index in [1.54, 1.807) is 0 Å². The van der Waals surface area contributed by atoms with Crippen LogP contribution in [0.1, 0.15) is 33.1 Å². The molecule has 0 spiro atoms. The molecule has 2 heterocycles. The van der Waals surface area contributed by atoms with Crippen LogP contribution in [0.4, 0.5) is 0 Å². The zero-order valence-electron chi connectivity index (χ0n) is 10.7. The van der Waals surface area contributed by atoms with Gasteiger partial charge >= 0.3 is 0 Å². The van der Waals surface area contributed by atoms with Gasteiger partial charge in [0.15, 0.2) is 0 Å². The summed E-state index contributed by atoms with van der Waals surface area (Å²) >= 11 is 0. The van der Waals surface area contributed by atoms with Gasteiger partial charge in [0.05, 0.1) is 12.2 Å². The summed E-state index contributed by atoms with van der Waals surface area (Å²) in [5.74, 6) is 0.314. The summed E-state index contributed by atoms with van der Waals surface area (Å²) in [5, 5.41) is 11.8. The first-order chi connectivity index (χ1) is 8.01. The summed E-state index contributed by atoms with van der Waals surface area (Å²) < 4.78 is 5.80. The van der Waals surface area contributed by atoms with E-state index in [1.165, 1.54) is 12.8 Å². The molecule has 2 aliphatic rings. The van der Waals surface area contributed by atoms with Crippen LogP contribution in [-0.4, -0.2) is 47.8 Å². The molecule has 2 aliphatic heterocycles. The van der Waals surface area contributed by atoms with Crippen LogP contribution >= 0.6 is 0 Å². The predicted octanol–water partition coefficient (Wildman–Crippen LogP) is 1.01. The Balaban J connectivity index is 1.82. The molecular weight excluding hydrogens is 218 g/mol. The van der Waals surface area contributed by atoms with Gasteiger partial charge in [-0.1, -0.05) is 19.0 Å². The van der Waals surface area contributed by atoms with Crippen LogP contribution < -0.4 is 5.73 Å². The number of amidine groups is 1. The lowest BCUT2D eigenvalue weighted by atomic mass is 9.88. The number of likely N-dealkylation sites (tertiary alicyclic amines) is 1. The van der Waals surface area contributed by atoms with Gasteiger partial charge in [-0.3, -0.25) is 4.90 Å². The third-order valence-electron chi connectivity index (χ3n) is 3.97. The number of nitrogens with two attached hydrogens (primary N) is 1. The molecule has 2 rings (SSSR count). The minimum absolute atomic E-state index is 0.244. The minimum Gasteiger partial charge on any atom is -0.409 e. The van der Waals surface area contributed by atoms with Gasteiger partial charge < -0.3 is 15.7 Å². The molecule has 98 valence electrons. The van der Waals surface area contributed by atoms with E-state index in [9.17, 15) is 0 Å². The first-order valence-electron chi connectivity index (χ1n) is 6.37. The van der Waals surface area contributed by atoms with Crippen molar-refractivity contribution in [2.24, 2.45) is 16.3 Å². The number of nitrogens with zero attached hydrogens (tertiary/aromatic N) is 2. The van der Waals surface area contributed by atoms with Gasteiger partial charge in [0.25, 0.3) is 0 Å². The molecule has 2 fully saturated rings. The van der Waals surface area contributed by atoms with Gasteiger partial charge in [0, 0.05) is 18.5 Å². The predicted molar refractivity (Wildman–Crippen MR) is 66.1 cm³/mol. The van der Waals surface area contributed by atoms with Crippen molar-refractivity contribution in [2.45, 2.75) is 45.3 Å². The van der Waals surface area contributed by atoms with Crippen LogP contribution in [0.2, 0.25) is 0 Å². The number of hydrogen-bond acceptors (Lipinski definition) is 4. The molecule has 5 heteroatoms. The normalized spacial score (nSPS) is 30.8. The lowest BCUT2D eigenvalue weighted by Gasteiger charge is -2.34. The molecule has 2 unspecified atom stereocenters. The fourth-order valence-electron chi connectivity index (χ4n) is 2.58. The highest BCUT2D eigenvalue weighted by molar-refractivity contribution is 5.85. The molecule has 2 atom stereocenters. The standard InChI is InChI=1S/C12H23N3O2/c1-12(2,11(13)14-16)5-6-15-7-9-3-4-10(8-15)17-9/h9-10,16H,3-8H2,1-2H3,(H2,13,14). The van der Waals surface area contributed by atoms with E-state index < -0.39 is 0 Å². The fraction of sp³-hybridized carbons (Fsp3) is 0.917. The molecule has 0 aromatic carbocycles.